The molecule has 0 aliphatic rings. The molecule has 0 aliphatic carbocycles. The van der Waals surface area contributed by atoms with Crippen LogP contribution in [0.25, 0.3) is 0 Å². The van der Waals surface area contributed by atoms with E-state index in [1.54, 1.807) is 30.3 Å². The molecular formula is C7H7NO3S. The van der Waals surface area contributed by atoms with Gasteiger partial charge in [0.15, 0.2) is 0 Å². The highest BCUT2D eigenvalue weighted by molar-refractivity contribution is 8.05. The first-order valence-corrected chi connectivity index (χ1v) is 4.72. The zero-order chi connectivity index (χ0) is 9.03. The molecule has 0 saturated heterocycles. The Bertz CT molecular complexity index is 357. The van der Waals surface area contributed by atoms with E-state index in [-0.39, 0.29) is 5.62 Å². The number of rotatable bonds is 3. The fraction of sp³-hybridized carbons (Fsp3) is 0. The van der Waals surface area contributed by atoms with Gasteiger partial charge < -0.3 is 0 Å². The van der Waals surface area contributed by atoms with Crippen molar-refractivity contribution in [3.05, 3.63) is 30.3 Å². The fourth-order valence-corrected chi connectivity index (χ4v) is 1.21. The predicted molar refractivity (Wildman–Crippen MR) is 45.7 cm³/mol. The van der Waals surface area contributed by atoms with Gasteiger partial charge in [-0.05, 0) is 12.1 Å². The Kier molecular flexibility index (Phi) is 2.44. The monoisotopic (exact) mass is 185 g/mol. The van der Waals surface area contributed by atoms with Crippen LogP contribution in [0.1, 0.15) is 0 Å². The van der Waals surface area contributed by atoms with Crippen molar-refractivity contribution in [3.63, 3.8) is 0 Å². The van der Waals surface area contributed by atoms with E-state index in [1.807, 2.05) is 0 Å². The molecule has 0 atom stereocenters. The SMILES string of the molecule is O=CS(=O)(=O)Nc1ccccc1. The van der Waals surface area contributed by atoms with Gasteiger partial charge in [0, 0.05) is 5.69 Å². The van der Waals surface area contributed by atoms with Crippen molar-refractivity contribution < 1.29 is 13.2 Å². The zero-order valence-corrected chi connectivity index (χ0v) is 6.91. The van der Waals surface area contributed by atoms with Crippen LogP contribution >= 0.6 is 0 Å². The van der Waals surface area contributed by atoms with Crippen molar-refractivity contribution in [2.24, 2.45) is 0 Å². The van der Waals surface area contributed by atoms with Crippen LogP contribution in [0.2, 0.25) is 0 Å². The second-order valence-electron chi connectivity index (χ2n) is 2.11. The predicted octanol–water partition coefficient (Wildman–Crippen LogP) is 0.619. The lowest BCUT2D eigenvalue weighted by molar-refractivity contribution is 0.557. The van der Waals surface area contributed by atoms with E-state index in [2.05, 4.69) is 4.72 Å². The summed E-state index contributed by atoms with van der Waals surface area (Å²) in [7, 11) is -3.80. The van der Waals surface area contributed by atoms with Crippen molar-refractivity contribution in [2.75, 3.05) is 4.72 Å². The lowest BCUT2D eigenvalue weighted by atomic mass is 10.3. The normalized spacial score (nSPS) is 10.7. The van der Waals surface area contributed by atoms with Gasteiger partial charge in [-0.2, -0.15) is 8.42 Å². The maximum atomic E-state index is 10.7. The molecule has 4 nitrogen and oxygen atoms in total. The summed E-state index contributed by atoms with van der Waals surface area (Å²) in [5, 5.41) is 0. The van der Waals surface area contributed by atoms with Crippen LogP contribution in [0.15, 0.2) is 30.3 Å². The first-order valence-electron chi connectivity index (χ1n) is 3.17. The van der Waals surface area contributed by atoms with Crippen LogP contribution in [0, 0.1) is 0 Å². The van der Waals surface area contributed by atoms with E-state index < -0.39 is 10.0 Å². The minimum atomic E-state index is -3.80. The third kappa shape index (κ3) is 2.35. The lowest BCUT2D eigenvalue weighted by Gasteiger charge is -2.00. The van der Waals surface area contributed by atoms with E-state index in [1.165, 1.54) is 0 Å². The number of hydrogen-bond acceptors (Lipinski definition) is 3. The molecule has 1 N–H and O–H groups in total. The Morgan fingerprint density at radius 2 is 1.75 bits per heavy atom. The molecule has 0 unspecified atom stereocenters. The maximum Gasteiger partial charge on any atom is 0.292 e. The number of nitrogens with one attached hydrogen (secondary N) is 1. The van der Waals surface area contributed by atoms with Crippen molar-refractivity contribution in [1.82, 2.24) is 0 Å². The highest BCUT2D eigenvalue weighted by Gasteiger charge is 2.05. The topological polar surface area (TPSA) is 63.2 Å². The maximum absolute atomic E-state index is 10.7. The molecule has 1 rings (SSSR count). The molecule has 12 heavy (non-hydrogen) atoms. The summed E-state index contributed by atoms with van der Waals surface area (Å²) >= 11 is 0. The van der Waals surface area contributed by atoms with Gasteiger partial charge in [-0.25, -0.2) is 0 Å². The third-order valence-corrected chi connectivity index (χ3v) is 1.93. The van der Waals surface area contributed by atoms with Crippen molar-refractivity contribution >= 4 is 21.3 Å². The van der Waals surface area contributed by atoms with Crippen LogP contribution in [0.4, 0.5) is 5.69 Å². The standard InChI is InChI=1S/C7H7NO3S/c9-6-12(10,11)8-7-4-2-1-3-5-7/h1-6,8H. The summed E-state index contributed by atoms with van der Waals surface area (Å²) < 4.78 is 23.5. The van der Waals surface area contributed by atoms with Gasteiger partial charge in [0.05, 0.1) is 0 Å². The Balaban J connectivity index is 2.85. The molecule has 0 saturated carbocycles. The van der Waals surface area contributed by atoms with Gasteiger partial charge in [-0.1, -0.05) is 18.2 Å². The van der Waals surface area contributed by atoms with Crippen LogP contribution in [-0.2, 0) is 14.8 Å². The molecule has 0 heterocycles. The molecule has 0 aromatic heterocycles. The summed E-state index contributed by atoms with van der Waals surface area (Å²) in [5.41, 5.74) is 0.254. The molecule has 0 amide bonds. The smallest absolute Gasteiger partial charge is 0.283 e. The van der Waals surface area contributed by atoms with Crippen molar-refractivity contribution in [2.45, 2.75) is 0 Å². The molecule has 0 fully saturated rings. The van der Waals surface area contributed by atoms with E-state index >= 15 is 0 Å². The van der Waals surface area contributed by atoms with E-state index in [9.17, 15) is 13.2 Å². The molecule has 1 aromatic carbocycles. The van der Waals surface area contributed by atoms with Crippen molar-refractivity contribution in [3.8, 4) is 0 Å². The fourth-order valence-electron chi connectivity index (χ4n) is 0.695. The van der Waals surface area contributed by atoms with Crippen LogP contribution in [-0.4, -0.2) is 14.0 Å². The van der Waals surface area contributed by atoms with Gasteiger partial charge in [0.2, 0.25) is 0 Å². The largest absolute Gasteiger partial charge is 0.292 e. The Morgan fingerprint density at radius 1 is 1.17 bits per heavy atom. The van der Waals surface area contributed by atoms with Gasteiger partial charge >= 0.3 is 0 Å². The average molecular weight is 185 g/mol. The van der Waals surface area contributed by atoms with Crippen molar-refractivity contribution in [1.29, 1.82) is 0 Å². The number of anilines is 1. The summed E-state index contributed by atoms with van der Waals surface area (Å²) in [6, 6.07) is 8.20. The summed E-state index contributed by atoms with van der Waals surface area (Å²) in [4.78, 5) is 9.98. The van der Waals surface area contributed by atoms with Crippen LogP contribution < -0.4 is 4.72 Å². The lowest BCUT2D eigenvalue weighted by Crippen LogP contribution is -2.12. The summed E-state index contributed by atoms with van der Waals surface area (Å²) in [5.74, 6) is 0. The molecule has 0 aliphatic heterocycles. The highest BCUT2D eigenvalue weighted by Crippen LogP contribution is 2.06. The van der Waals surface area contributed by atoms with E-state index in [4.69, 9.17) is 0 Å². The van der Waals surface area contributed by atoms with Crippen LogP contribution in [0.3, 0.4) is 0 Å². The zero-order valence-electron chi connectivity index (χ0n) is 6.10. The van der Waals surface area contributed by atoms with Crippen LogP contribution in [0.5, 0.6) is 0 Å². The number of sulfonamides is 1. The Morgan fingerprint density at radius 3 is 2.25 bits per heavy atom. The Labute approximate surface area is 70.3 Å². The molecular weight excluding hydrogens is 178 g/mol. The number of carbonyl (C=O) groups excluding carboxylic acids is 1. The van der Waals surface area contributed by atoms with Gasteiger partial charge in [0.25, 0.3) is 15.6 Å². The number of para-hydroxylation sites is 1. The molecule has 0 radical (unpaired) electrons. The highest BCUT2D eigenvalue weighted by atomic mass is 32.2. The second kappa shape index (κ2) is 3.36. The average Bonchev–Trinajstić information content (AvgIpc) is 2.06. The molecule has 0 bridgehead atoms. The quantitative estimate of drug-likeness (QED) is 0.702. The van der Waals surface area contributed by atoms with Gasteiger partial charge in [0.1, 0.15) is 0 Å². The first kappa shape index (κ1) is 8.73. The van der Waals surface area contributed by atoms with Gasteiger partial charge in [-0.15, -0.1) is 0 Å². The number of benzene rings is 1. The first-order chi connectivity index (χ1) is 5.64. The number of carbonyl (C=O) groups is 1. The second-order valence-corrected chi connectivity index (χ2v) is 3.60. The van der Waals surface area contributed by atoms with E-state index in [0.29, 0.717) is 5.69 Å². The molecule has 0 spiro atoms. The van der Waals surface area contributed by atoms with E-state index in [0.717, 1.165) is 0 Å². The van der Waals surface area contributed by atoms with Gasteiger partial charge in [-0.3, -0.25) is 9.52 Å². The molecule has 64 valence electrons. The Hall–Kier alpha value is -1.36. The summed E-state index contributed by atoms with van der Waals surface area (Å²) in [6.45, 7) is 0. The minimum absolute atomic E-state index is 0.125. The molecule has 5 heteroatoms. The number of hydrogen-bond donors (Lipinski definition) is 1. The third-order valence-electron chi connectivity index (χ3n) is 1.16. The summed E-state index contributed by atoms with van der Waals surface area (Å²) in [6.07, 6.45) is 0. The minimum Gasteiger partial charge on any atom is -0.283 e. The molecule has 1 aromatic rings.